The third kappa shape index (κ3) is 3.46. The van der Waals surface area contributed by atoms with Crippen molar-refractivity contribution < 1.29 is 10.2 Å². The Morgan fingerprint density at radius 1 is 0.667 bits per heavy atom. The number of rotatable bonds is 8. The summed E-state index contributed by atoms with van der Waals surface area (Å²) in [5, 5.41) is 19.1. The van der Waals surface area contributed by atoms with Crippen LogP contribution in [-0.4, -0.2) is 23.4 Å². The molecule has 0 rings (SSSR count). The van der Waals surface area contributed by atoms with Gasteiger partial charge in [-0.3, -0.25) is 0 Å². The van der Waals surface area contributed by atoms with Crippen LogP contribution in [0.3, 0.4) is 0 Å². The first-order chi connectivity index (χ1) is 7.07. The molecule has 0 spiro atoms. The van der Waals surface area contributed by atoms with Crippen LogP contribution >= 0.6 is 0 Å². The molecule has 0 aromatic carbocycles. The van der Waals surface area contributed by atoms with Crippen LogP contribution in [0.4, 0.5) is 0 Å². The predicted octanol–water partition coefficient (Wildman–Crippen LogP) is 2.97. The molecule has 2 N–H and O–H groups in total. The summed E-state index contributed by atoms with van der Waals surface area (Å²) in [6, 6.07) is 0. The third-order valence-electron chi connectivity index (χ3n) is 4.42. The van der Waals surface area contributed by atoms with Gasteiger partial charge in [0.2, 0.25) is 0 Å². The number of aliphatic hydroxyl groups is 2. The van der Waals surface area contributed by atoms with Gasteiger partial charge in [0.1, 0.15) is 0 Å². The number of aliphatic hydroxyl groups excluding tert-OH is 2. The normalized spacial score (nSPS) is 13.2. The fourth-order valence-electron chi connectivity index (χ4n) is 2.35. The highest BCUT2D eigenvalue weighted by Gasteiger charge is 2.36. The van der Waals surface area contributed by atoms with Gasteiger partial charge in [-0.25, -0.2) is 0 Å². The second-order valence-electron chi connectivity index (χ2n) is 4.91. The van der Waals surface area contributed by atoms with E-state index in [9.17, 15) is 10.2 Å². The minimum atomic E-state index is 0.00868. The first-order valence-corrected chi connectivity index (χ1v) is 6.29. The molecule has 0 aromatic rings. The summed E-state index contributed by atoms with van der Waals surface area (Å²) in [5.41, 5.74) is 0.0174. The second kappa shape index (κ2) is 6.49. The molecule has 0 fully saturated rings. The molecule has 15 heavy (non-hydrogen) atoms. The quantitative estimate of drug-likeness (QED) is 0.655. The molecular weight excluding hydrogens is 188 g/mol. The fraction of sp³-hybridized carbons (Fsp3) is 1.00. The molecule has 0 unspecified atom stereocenters. The SMILES string of the molecule is CCC(CC)(CO)CC(CC)(CC)CO. The molecule has 0 aliphatic rings. The molecular formula is C13H28O2. The van der Waals surface area contributed by atoms with Gasteiger partial charge in [0, 0.05) is 13.2 Å². The van der Waals surface area contributed by atoms with Crippen molar-refractivity contribution in [3.8, 4) is 0 Å². The van der Waals surface area contributed by atoms with E-state index in [-0.39, 0.29) is 24.0 Å². The standard InChI is InChI=1S/C13H28O2/c1-5-12(6-2,10-14)9-13(7-3,8-4)11-15/h14-15H,5-11H2,1-4H3. The molecule has 0 aliphatic carbocycles. The number of hydrogen-bond donors (Lipinski definition) is 2. The smallest absolute Gasteiger partial charge is 0.0487 e. The van der Waals surface area contributed by atoms with E-state index < -0.39 is 0 Å². The lowest BCUT2D eigenvalue weighted by Gasteiger charge is -2.40. The largest absolute Gasteiger partial charge is 0.396 e. The highest BCUT2D eigenvalue weighted by molar-refractivity contribution is 4.87. The van der Waals surface area contributed by atoms with Crippen LogP contribution in [-0.2, 0) is 0 Å². The van der Waals surface area contributed by atoms with E-state index in [1.807, 2.05) is 0 Å². The molecule has 0 heterocycles. The first kappa shape index (κ1) is 14.9. The summed E-state index contributed by atoms with van der Waals surface area (Å²) in [5.74, 6) is 0. The van der Waals surface area contributed by atoms with Gasteiger partial charge in [0.15, 0.2) is 0 Å². The van der Waals surface area contributed by atoms with Crippen molar-refractivity contribution in [3.05, 3.63) is 0 Å². The van der Waals surface area contributed by atoms with Crippen LogP contribution in [0.1, 0.15) is 59.8 Å². The van der Waals surface area contributed by atoms with Crippen molar-refractivity contribution in [2.75, 3.05) is 13.2 Å². The Bertz CT molecular complexity index is 123. The van der Waals surface area contributed by atoms with Gasteiger partial charge < -0.3 is 10.2 Å². The average molecular weight is 216 g/mol. The lowest BCUT2D eigenvalue weighted by Crippen LogP contribution is -2.35. The Balaban J connectivity index is 4.74. The third-order valence-corrected chi connectivity index (χ3v) is 4.42. The van der Waals surface area contributed by atoms with Crippen molar-refractivity contribution in [1.29, 1.82) is 0 Å². The van der Waals surface area contributed by atoms with Crippen LogP contribution in [0.25, 0.3) is 0 Å². The summed E-state index contributed by atoms with van der Waals surface area (Å²) in [7, 11) is 0. The Labute approximate surface area is 94.7 Å². The fourth-order valence-corrected chi connectivity index (χ4v) is 2.35. The van der Waals surface area contributed by atoms with E-state index in [2.05, 4.69) is 27.7 Å². The molecule has 2 heteroatoms. The minimum absolute atomic E-state index is 0.00868. The van der Waals surface area contributed by atoms with Crippen molar-refractivity contribution in [3.63, 3.8) is 0 Å². The van der Waals surface area contributed by atoms with E-state index in [1.165, 1.54) is 0 Å². The maximum atomic E-state index is 9.54. The summed E-state index contributed by atoms with van der Waals surface area (Å²) >= 11 is 0. The first-order valence-electron chi connectivity index (χ1n) is 6.29. The Hall–Kier alpha value is -0.0800. The van der Waals surface area contributed by atoms with E-state index in [0.29, 0.717) is 0 Å². The Kier molecular flexibility index (Phi) is 6.46. The van der Waals surface area contributed by atoms with Crippen LogP contribution in [0.2, 0.25) is 0 Å². The summed E-state index contributed by atoms with van der Waals surface area (Å²) in [4.78, 5) is 0. The van der Waals surface area contributed by atoms with Gasteiger partial charge in [-0.15, -0.1) is 0 Å². The zero-order chi connectivity index (χ0) is 11.9. The number of hydrogen-bond acceptors (Lipinski definition) is 2. The summed E-state index contributed by atoms with van der Waals surface area (Å²) in [6.45, 7) is 9.00. The van der Waals surface area contributed by atoms with Crippen LogP contribution in [0.5, 0.6) is 0 Å². The van der Waals surface area contributed by atoms with Gasteiger partial charge in [0.25, 0.3) is 0 Å². The molecule has 0 saturated heterocycles. The van der Waals surface area contributed by atoms with Crippen molar-refractivity contribution >= 4 is 0 Å². The van der Waals surface area contributed by atoms with E-state index >= 15 is 0 Å². The molecule has 0 aromatic heterocycles. The highest BCUT2D eigenvalue weighted by atomic mass is 16.3. The van der Waals surface area contributed by atoms with Crippen molar-refractivity contribution in [1.82, 2.24) is 0 Å². The van der Waals surface area contributed by atoms with Gasteiger partial charge in [-0.05, 0) is 42.9 Å². The van der Waals surface area contributed by atoms with Gasteiger partial charge >= 0.3 is 0 Å². The van der Waals surface area contributed by atoms with E-state index in [0.717, 1.165) is 32.1 Å². The lowest BCUT2D eigenvalue weighted by atomic mass is 9.66. The van der Waals surface area contributed by atoms with Gasteiger partial charge in [0.05, 0.1) is 0 Å². The predicted molar refractivity (Wildman–Crippen MR) is 64.8 cm³/mol. The van der Waals surface area contributed by atoms with Gasteiger partial charge in [-0.1, -0.05) is 27.7 Å². The zero-order valence-electron chi connectivity index (χ0n) is 10.8. The maximum Gasteiger partial charge on any atom is 0.0487 e. The summed E-state index contributed by atoms with van der Waals surface area (Å²) in [6.07, 6.45) is 4.89. The molecule has 0 amide bonds. The maximum absolute atomic E-state index is 9.54. The van der Waals surface area contributed by atoms with E-state index in [1.54, 1.807) is 0 Å². The lowest BCUT2D eigenvalue weighted by molar-refractivity contribution is 0.0126. The Morgan fingerprint density at radius 2 is 0.933 bits per heavy atom. The Morgan fingerprint density at radius 3 is 1.07 bits per heavy atom. The van der Waals surface area contributed by atoms with Crippen molar-refractivity contribution in [2.24, 2.45) is 10.8 Å². The molecule has 92 valence electrons. The van der Waals surface area contributed by atoms with Crippen molar-refractivity contribution in [2.45, 2.75) is 59.8 Å². The topological polar surface area (TPSA) is 40.5 Å². The highest BCUT2D eigenvalue weighted by Crippen LogP contribution is 2.42. The zero-order valence-corrected chi connectivity index (χ0v) is 10.8. The molecule has 0 bridgehead atoms. The molecule has 0 saturated carbocycles. The second-order valence-corrected chi connectivity index (χ2v) is 4.91. The monoisotopic (exact) mass is 216 g/mol. The van der Waals surface area contributed by atoms with Crippen LogP contribution in [0.15, 0.2) is 0 Å². The molecule has 2 nitrogen and oxygen atoms in total. The van der Waals surface area contributed by atoms with E-state index in [4.69, 9.17) is 0 Å². The molecule has 0 aliphatic heterocycles. The van der Waals surface area contributed by atoms with Gasteiger partial charge in [-0.2, -0.15) is 0 Å². The van der Waals surface area contributed by atoms with Crippen LogP contribution < -0.4 is 0 Å². The van der Waals surface area contributed by atoms with Crippen LogP contribution in [0, 0.1) is 10.8 Å². The summed E-state index contributed by atoms with van der Waals surface area (Å²) < 4.78 is 0. The minimum Gasteiger partial charge on any atom is -0.396 e. The average Bonchev–Trinajstić information content (AvgIpc) is 2.33. The molecule has 0 atom stereocenters. The molecule has 0 radical (unpaired) electrons.